The van der Waals surface area contributed by atoms with Gasteiger partial charge in [0.2, 0.25) is 0 Å². The summed E-state index contributed by atoms with van der Waals surface area (Å²) in [6.45, 7) is 0. The minimum Gasteiger partial charge on any atom is -0.493 e. The molecule has 1 heterocycles. The molecule has 1 N–H and O–H groups in total. The molecular formula is C21H17NO4. The van der Waals surface area contributed by atoms with E-state index in [9.17, 15) is 4.79 Å². The Labute approximate surface area is 150 Å². The Morgan fingerprint density at radius 2 is 1.69 bits per heavy atom. The Kier molecular flexibility index (Phi) is 3.97. The quantitative estimate of drug-likeness (QED) is 0.573. The van der Waals surface area contributed by atoms with Crippen molar-refractivity contribution in [2.75, 3.05) is 19.5 Å². The second kappa shape index (κ2) is 6.44. The lowest BCUT2D eigenvalue weighted by Crippen LogP contribution is -2.13. The summed E-state index contributed by atoms with van der Waals surface area (Å²) in [5.41, 5.74) is 2.59. The third kappa shape index (κ3) is 2.63. The molecule has 0 fully saturated rings. The number of nitrogens with one attached hydrogen (secondary N) is 1. The van der Waals surface area contributed by atoms with Crippen molar-refractivity contribution in [3.05, 3.63) is 66.2 Å². The van der Waals surface area contributed by atoms with E-state index in [-0.39, 0.29) is 5.91 Å². The molecule has 0 spiro atoms. The normalized spacial score (nSPS) is 10.8. The predicted molar refractivity (Wildman–Crippen MR) is 101 cm³/mol. The van der Waals surface area contributed by atoms with Gasteiger partial charge in [0.15, 0.2) is 11.5 Å². The molecule has 0 saturated heterocycles. The van der Waals surface area contributed by atoms with Crippen LogP contribution in [0.2, 0.25) is 0 Å². The van der Waals surface area contributed by atoms with Gasteiger partial charge in [-0.1, -0.05) is 24.3 Å². The van der Waals surface area contributed by atoms with E-state index in [1.807, 2.05) is 42.5 Å². The molecule has 0 aliphatic heterocycles. The van der Waals surface area contributed by atoms with Crippen LogP contribution in [-0.2, 0) is 0 Å². The van der Waals surface area contributed by atoms with Crippen LogP contribution in [0, 0.1) is 0 Å². The van der Waals surface area contributed by atoms with Crippen molar-refractivity contribution in [2.24, 2.45) is 0 Å². The molecule has 0 saturated carbocycles. The van der Waals surface area contributed by atoms with E-state index in [2.05, 4.69) is 5.32 Å². The molecule has 0 bridgehead atoms. The fraction of sp³-hybridized carbons (Fsp3) is 0.0952. The zero-order valence-electron chi connectivity index (χ0n) is 14.4. The number of methoxy groups -OCH3 is 2. The van der Waals surface area contributed by atoms with Crippen LogP contribution in [-0.4, -0.2) is 20.1 Å². The second-order valence-corrected chi connectivity index (χ2v) is 5.80. The highest BCUT2D eigenvalue weighted by atomic mass is 16.5. The summed E-state index contributed by atoms with van der Waals surface area (Å²) in [4.78, 5) is 12.7. The molecule has 1 aromatic heterocycles. The molecule has 26 heavy (non-hydrogen) atoms. The molecule has 0 aliphatic rings. The van der Waals surface area contributed by atoms with Gasteiger partial charge in [-0.3, -0.25) is 4.79 Å². The summed E-state index contributed by atoms with van der Waals surface area (Å²) in [5.74, 6) is 0.626. The summed E-state index contributed by atoms with van der Waals surface area (Å²) >= 11 is 0. The highest BCUT2D eigenvalue weighted by Gasteiger charge is 2.17. The van der Waals surface area contributed by atoms with Crippen LogP contribution in [0.25, 0.3) is 21.9 Å². The number of para-hydroxylation sites is 2. The Hall–Kier alpha value is -3.47. The number of carbonyl (C=O) groups is 1. The summed E-state index contributed by atoms with van der Waals surface area (Å²) in [5, 5.41) is 4.95. The van der Waals surface area contributed by atoms with Gasteiger partial charge in [0.05, 0.1) is 19.8 Å². The molecule has 4 rings (SSSR count). The standard InChI is InChI=1S/C21H17NO4/c1-24-18-9-5-7-16(20(18)25-2)21(23)22-13-10-11-15-14-6-3-4-8-17(14)26-19(15)12-13/h3-12H,1-2H3,(H,22,23). The van der Waals surface area contributed by atoms with Gasteiger partial charge >= 0.3 is 0 Å². The van der Waals surface area contributed by atoms with Gasteiger partial charge in [-0.2, -0.15) is 0 Å². The van der Waals surface area contributed by atoms with Crippen LogP contribution in [0.4, 0.5) is 5.69 Å². The number of ether oxygens (including phenoxy) is 2. The summed E-state index contributed by atoms with van der Waals surface area (Å²) < 4.78 is 16.4. The van der Waals surface area contributed by atoms with Crippen molar-refractivity contribution < 1.29 is 18.7 Å². The van der Waals surface area contributed by atoms with Crippen molar-refractivity contribution in [3.8, 4) is 11.5 Å². The Morgan fingerprint density at radius 1 is 0.885 bits per heavy atom. The van der Waals surface area contributed by atoms with Crippen LogP contribution in [0.3, 0.4) is 0 Å². The first-order valence-electron chi connectivity index (χ1n) is 8.15. The molecule has 3 aromatic carbocycles. The maximum Gasteiger partial charge on any atom is 0.259 e. The lowest BCUT2D eigenvalue weighted by atomic mass is 10.1. The fourth-order valence-electron chi connectivity index (χ4n) is 3.07. The second-order valence-electron chi connectivity index (χ2n) is 5.80. The lowest BCUT2D eigenvalue weighted by molar-refractivity contribution is 0.102. The predicted octanol–water partition coefficient (Wildman–Crippen LogP) is 4.86. The van der Waals surface area contributed by atoms with Gasteiger partial charge in [0.1, 0.15) is 11.2 Å². The van der Waals surface area contributed by atoms with E-state index in [1.165, 1.54) is 14.2 Å². The van der Waals surface area contributed by atoms with E-state index < -0.39 is 0 Å². The first-order chi connectivity index (χ1) is 12.7. The Balaban J connectivity index is 1.69. The average molecular weight is 347 g/mol. The maximum absolute atomic E-state index is 12.7. The molecule has 5 nitrogen and oxygen atoms in total. The first-order valence-corrected chi connectivity index (χ1v) is 8.15. The summed E-state index contributed by atoms with van der Waals surface area (Å²) in [6, 6.07) is 18.7. The number of anilines is 1. The molecule has 1 amide bonds. The maximum atomic E-state index is 12.7. The smallest absolute Gasteiger partial charge is 0.259 e. The molecule has 0 radical (unpaired) electrons. The van der Waals surface area contributed by atoms with Crippen LogP contribution in [0.1, 0.15) is 10.4 Å². The largest absolute Gasteiger partial charge is 0.493 e. The molecule has 0 atom stereocenters. The lowest BCUT2D eigenvalue weighted by Gasteiger charge is -2.12. The highest BCUT2D eigenvalue weighted by molar-refractivity contribution is 6.09. The van der Waals surface area contributed by atoms with E-state index in [0.29, 0.717) is 22.7 Å². The molecule has 130 valence electrons. The number of hydrogen-bond donors (Lipinski definition) is 1. The topological polar surface area (TPSA) is 60.7 Å². The number of furan rings is 1. The number of amides is 1. The van der Waals surface area contributed by atoms with Gasteiger partial charge in [0, 0.05) is 22.5 Å². The number of carbonyl (C=O) groups excluding carboxylic acids is 1. The minimum absolute atomic E-state index is 0.281. The average Bonchev–Trinajstić information content (AvgIpc) is 3.04. The molecule has 0 aliphatic carbocycles. The van der Waals surface area contributed by atoms with Gasteiger partial charge < -0.3 is 19.2 Å². The van der Waals surface area contributed by atoms with Gasteiger partial charge in [0.25, 0.3) is 5.91 Å². The van der Waals surface area contributed by atoms with E-state index >= 15 is 0 Å². The Morgan fingerprint density at radius 3 is 2.50 bits per heavy atom. The number of fused-ring (bicyclic) bond motifs is 3. The van der Waals surface area contributed by atoms with Crippen molar-refractivity contribution in [2.45, 2.75) is 0 Å². The number of benzene rings is 3. The van der Waals surface area contributed by atoms with Gasteiger partial charge in [-0.15, -0.1) is 0 Å². The highest BCUT2D eigenvalue weighted by Crippen LogP contribution is 2.33. The SMILES string of the molecule is COc1cccc(C(=O)Nc2ccc3c(c2)oc2ccccc23)c1OC. The van der Waals surface area contributed by atoms with Crippen molar-refractivity contribution in [1.29, 1.82) is 0 Å². The van der Waals surface area contributed by atoms with E-state index in [1.54, 1.807) is 18.2 Å². The third-order valence-electron chi connectivity index (χ3n) is 4.28. The zero-order chi connectivity index (χ0) is 18.1. The van der Waals surface area contributed by atoms with Gasteiger partial charge in [-0.25, -0.2) is 0 Å². The molecule has 4 aromatic rings. The third-order valence-corrected chi connectivity index (χ3v) is 4.28. The minimum atomic E-state index is -0.281. The van der Waals surface area contributed by atoms with Crippen LogP contribution < -0.4 is 14.8 Å². The zero-order valence-corrected chi connectivity index (χ0v) is 14.4. The number of rotatable bonds is 4. The van der Waals surface area contributed by atoms with E-state index in [4.69, 9.17) is 13.9 Å². The van der Waals surface area contributed by atoms with Crippen LogP contribution in [0.5, 0.6) is 11.5 Å². The molecule has 0 unspecified atom stereocenters. The summed E-state index contributed by atoms with van der Waals surface area (Å²) in [7, 11) is 3.05. The first kappa shape index (κ1) is 16.0. The molecular weight excluding hydrogens is 330 g/mol. The Bertz CT molecular complexity index is 1110. The monoisotopic (exact) mass is 347 g/mol. The van der Waals surface area contributed by atoms with Crippen molar-refractivity contribution in [3.63, 3.8) is 0 Å². The van der Waals surface area contributed by atoms with Crippen molar-refractivity contribution >= 4 is 33.5 Å². The van der Waals surface area contributed by atoms with E-state index in [0.717, 1.165) is 21.9 Å². The summed E-state index contributed by atoms with van der Waals surface area (Å²) in [6.07, 6.45) is 0. The molecule has 5 heteroatoms. The fourth-order valence-corrected chi connectivity index (χ4v) is 3.07. The van der Waals surface area contributed by atoms with Gasteiger partial charge in [-0.05, 0) is 30.3 Å². The van der Waals surface area contributed by atoms with Crippen molar-refractivity contribution in [1.82, 2.24) is 0 Å². The number of hydrogen-bond acceptors (Lipinski definition) is 4. The van der Waals surface area contributed by atoms with Crippen LogP contribution >= 0.6 is 0 Å². The van der Waals surface area contributed by atoms with Crippen LogP contribution in [0.15, 0.2) is 65.1 Å².